The van der Waals surface area contributed by atoms with Gasteiger partial charge in [0, 0.05) is 34.7 Å². The fourth-order valence-electron chi connectivity index (χ4n) is 3.99. The van der Waals surface area contributed by atoms with Gasteiger partial charge < -0.3 is 5.32 Å². The van der Waals surface area contributed by atoms with Crippen molar-refractivity contribution in [1.29, 1.82) is 0 Å². The Morgan fingerprint density at radius 2 is 1.75 bits per heavy atom. The summed E-state index contributed by atoms with van der Waals surface area (Å²) in [5.74, 6) is -0.450. The van der Waals surface area contributed by atoms with E-state index < -0.39 is 17.6 Å². The van der Waals surface area contributed by atoms with Crippen molar-refractivity contribution in [2.45, 2.75) is 20.0 Å². The van der Waals surface area contributed by atoms with Crippen molar-refractivity contribution < 1.29 is 18.0 Å². The normalized spacial score (nSPS) is 11.6. The van der Waals surface area contributed by atoms with Gasteiger partial charge in [0.05, 0.1) is 22.5 Å². The smallest absolute Gasteiger partial charge is 0.321 e. The quantitative estimate of drug-likeness (QED) is 0.320. The Bertz CT molecular complexity index is 1580. The van der Waals surface area contributed by atoms with Crippen LogP contribution in [0.1, 0.15) is 27.3 Å². The van der Waals surface area contributed by atoms with Gasteiger partial charge in [-0.15, -0.1) is 0 Å². The van der Waals surface area contributed by atoms with Crippen LogP contribution in [-0.4, -0.2) is 25.7 Å². The van der Waals surface area contributed by atoms with Crippen molar-refractivity contribution >= 4 is 22.5 Å². The van der Waals surface area contributed by atoms with Gasteiger partial charge in [-0.3, -0.25) is 14.8 Å². The lowest BCUT2D eigenvalue weighted by molar-refractivity contribution is -0.136. The lowest BCUT2D eigenvalue weighted by Gasteiger charge is -2.15. The van der Waals surface area contributed by atoms with Crippen molar-refractivity contribution in [2.24, 2.45) is 0 Å². The van der Waals surface area contributed by atoms with Gasteiger partial charge in [-0.25, -0.2) is 4.68 Å². The maximum atomic E-state index is 13.7. The molecular weight excluding hydrogens is 467 g/mol. The molecule has 36 heavy (non-hydrogen) atoms. The van der Waals surface area contributed by atoms with E-state index in [-0.39, 0.29) is 16.6 Å². The van der Waals surface area contributed by atoms with Crippen LogP contribution >= 0.6 is 0 Å². The first-order valence-corrected chi connectivity index (χ1v) is 11.1. The summed E-state index contributed by atoms with van der Waals surface area (Å²) in [7, 11) is 0. The van der Waals surface area contributed by atoms with Crippen LogP contribution in [0.25, 0.3) is 27.8 Å². The van der Waals surface area contributed by atoms with Crippen LogP contribution < -0.4 is 5.32 Å². The van der Waals surface area contributed by atoms with E-state index in [1.165, 1.54) is 10.7 Å². The minimum atomic E-state index is -4.58. The number of alkyl halides is 3. The van der Waals surface area contributed by atoms with Crippen molar-refractivity contribution in [1.82, 2.24) is 19.7 Å². The number of halogens is 3. The van der Waals surface area contributed by atoms with E-state index in [2.05, 4.69) is 20.4 Å². The molecule has 0 aliphatic heterocycles. The van der Waals surface area contributed by atoms with Crippen LogP contribution in [-0.2, 0) is 6.18 Å². The molecule has 0 atom stereocenters. The van der Waals surface area contributed by atoms with Crippen molar-refractivity contribution in [3.63, 3.8) is 0 Å². The zero-order valence-electron chi connectivity index (χ0n) is 19.3. The zero-order valence-corrected chi connectivity index (χ0v) is 19.3. The predicted octanol–water partition coefficient (Wildman–Crippen LogP) is 6.37. The second kappa shape index (κ2) is 8.92. The molecule has 6 nitrogen and oxygen atoms in total. The van der Waals surface area contributed by atoms with E-state index in [9.17, 15) is 18.0 Å². The van der Waals surface area contributed by atoms with Crippen molar-refractivity contribution in [3.8, 4) is 16.9 Å². The number of carbonyl (C=O) groups is 1. The van der Waals surface area contributed by atoms with Gasteiger partial charge in [0.15, 0.2) is 5.69 Å². The number of nitrogens with zero attached hydrogens (tertiary/aromatic N) is 4. The fraction of sp³-hybridized carbons (Fsp3) is 0.111. The maximum absolute atomic E-state index is 13.7. The predicted molar refractivity (Wildman–Crippen MR) is 131 cm³/mol. The summed E-state index contributed by atoms with van der Waals surface area (Å²) >= 11 is 0. The number of hydrogen-bond acceptors (Lipinski definition) is 4. The van der Waals surface area contributed by atoms with Gasteiger partial charge in [-0.2, -0.15) is 18.3 Å². The Kier molecular flexibility index (Phi) is 5.75. The van der Waals surface area contributed by atoms with Crippen molar-refractivity contribution in [2.75, 3.05) is 5.32 Å². The molecule has 3 heterocycles. The molecule has 1 amide bonds. The molecule has 0 bridgehead atoms. The van der Waals surface area contributed by atoms with Crippen LogP contribution in [0.2, 0.25) is 0 Å². The Hall–Kier alpha value is -4.53. The number of fused-ring (bicyclic) bond motifs is 1. The van der Waals surface area contributed by atoms with Crippen LogP contribution in [0.3, 0.4) is 0 Å². The molecule has 180 valence electrons. The number of carbonyl (C=O) groups excluding carboxylic acids is 1. The summed E-state index contributed by atoms with van der Waals surface area (Å²) in [6.45, 7) is 3.56. The van der Waals surface area contributed by atoms with Gasteiger partial charge >= 0.3 is 6.18 Å². The van der Waals surface area contributed by atoms with Gasteiger partial charge in [-0.05, 0) is 56.3 Å². The number of amides is 1. The van der Waals surface area contributed by atoms with Gasteiger partial charge in [0.1, 0.15) is 0 Å². The molecule has 0 spiro atoms. The highest BCUT2D eigenvalue weighted by atomic mass is 19.4. The third kappa shape index (κ3) is 4.43. The maximum Gasteiger partial charge on any atom is 0.418 e. The molecular formula is C27H20F3N5O. The minimum Gasteiger partial charge on any atom is -0.321 e. The summed E-state index contributed by atoms with van der Waals surface area (Å²) in [5.41, 5.74) is 2.64. The van der Waals surface area contributed by atoms with E-state index in [0.717, 1.165) is 11.6 Å². The molecule has 3 aromatic heterocycles. The topological polar surface area (TPSA) is 72.7 Å². The first-order valence-electron chi connectivity index (χ1n) is 11.1. The number of anilines is 1. The van der Waals surface area contributed by atoms with E-state index in [1.807, 2.05) is 19.1 Å². The summed E-state index contributed by atoms with van der Waals surface area (Å²) in [6, 6.07) is 18.0. The van der Waals surface area contributed by atoms with Gasteiger partial charge in [-0.1, -0.05) is 29.8 Å². The van der Waals surface area contributed by atoms with Crippen LogP contribution in [0.4, 0.5) is 18.9 Å². The lowest BCUT2D eigenvalue weighted by Crippen LogP contribution is -2.13. The molecule has 5 aromatic rings. The SMILES string of the molecule is Cc1ccc(NC(=O)c2cc(-c3cccnc3)n(-c3cc(C)nc4c(C(F)(F)F)cccc34)n2)cc1. The Balaban J connectivity index is 1.69. The second-order valence-electron chi connectivity index (χ2n) is 8.37. The molecule has 9 heteroatoms. The van der Waals surface area contributed by atoms with Gasteiger partial charge in [0.2, 0.25) is 0 Å². The second-order valence-corrected chi connectivity index (χ2v) is 8.37. The standard InChI is InChI=1S/C27H20F3N5O/c1-16-8-10-19(11-9-16)33-26(36)22-14-23(18-5-4-12-31-15-18)35(34-22)24-13-17(2)32-25-20(24)6-3-7-21(25)27(28,29)30/h3-15H,1-2H3,(H,33,36). The summed E-state index contributed by atoms with van der Waals surface area (Å²) in [6.07, 6.45) is -1.36. The molecule has 5 rings (SSSR count). The molecule has 0 aliphatic rings. The first kappa shape index (κ1) is 23.2. The average Bonchev–Trinajstić information content (AvgIpc) is 3.30. The van der Waals surface area contributed by atoms with E-state index in [4.69, 9.17) is 0 Å². The van der Waals surface area contributed by atoms with Crippen LogP contribution in [0.5, 0.6) is 0 Å². The average molecular weight is 487 g/mol. The zero-order chi connectivity index (χ0) is 25.4. The number of benzene rings is 2. The molecule has 0 aliphatic carbocycles. The Morgan fingerprint density at radius 1 is 0.972 bits per heavy atom. The number of hydrogen-bond donors (Lipinski definition) is 1. The van der Waals surface area contributed by atoms with E-state index in [1.54, 1.807) is 61.8 Å². The van der Waals surface area contributed by atoms with E-state index >= 15 is 0 Å². The number of para-hydroxylation sites is 1. The highest BCUT2D eigenvalue weighted by Crippen LogP contribution is 2.36. The summed E-state index contributed by atoms with van der Waals surface area (Å²) in [5, 5.41) is 7.59. The largest absolute Gasteiger partial charge is 0.418 e. The highest BCUT2D eigenvalue weighted by molar-refractivity contribution is 6.03. The molecule has 0 radical (unpaired) electrons. The van der Waals surface area contributed by atoms with Crippen molar-refractivity contribution in [3.05, 3.63) is 102 Å². The summed E-state index contributed by atoms with van der Waals surface area (Å²) < 4.78 is 42.7. The molecule has 0 saturated carbocycles. The number of aryl methyl sites for hydroxylation is 2. The van der Waals surface area contributed by atoms with E-state index in [0.29, 0.717) is 28.3 Å². The Morgan fingerprint density at radius 3 is 2.44 bits per heavy atom. The van der Waals surface area contributed by atoms with Crippen LogP contribution in [0, 0.1) is 13.8 Å². The lowest BCUT2D eigenvalue weighted by atomic mass is 10.1. The Labute approximate surface area is 204 Å². The van der Waals surface area contributed by atoms with Gasteiger partial charge in [0.25, 0.3) is 5.91 Å². The molecule has 0 fully saturated rings. The third-order valence-electron chi connectivity index (χ3n) is 5.69. The number of nitrogens with one attached hydrogen (secondary N) is 1. The first-order chi connectivity index (χ1) is 17.2. The molecule has 2 aromatic carbocycles. The summed E-state index contributed by atoms with van der Waals surface area (Å²) in [4.78, 5) is 21.4. The molecule has 1 N–H and O–H groups in total. The minimum absolute atomic E-state index is 0.101. The molecule has 0 unspecified atom stereocenters. The number of pyridine rings is 2. The third-order valence-corrected chi connectivity index (χ3v) is 5.69. The fourth-order valence-corrected chi connectivity index (χ4v) is 3.99. The number of aromatic nitrogens is 4. The number of rotatable bonds is 4. The monoisotopic (exact) mass is 487 g/mol. The molecule has 0 saturated heterocycles. The van der Waals surface area contributed by atoms with Crippen LogP contribution in [0.15, 0.2) is 79.1 Å². The highest BCUT2D eigenvalue weighted by Gasteiger charge is 2.34.